The molecule has 9 fully saturated rings. The van der Waals surface area contributed by atoms with Crippen LogP contribution in [0.5, 0.6) is 0 Å². The van der Waals surface area contributed by atoms with Crippen LogP contribution in [0.3, 0.4) is 0 Å². The van der Waals surface area contributed by atoms with Gasteiger partial charge in [0.1, 0.15) is 220 Å². The summed E-state index contributed by atoms with van der Waals surface area (Å²) in [6, 6.07) is -3.59. The molecule has 9 aliphatic rings. The monoisotopic (exact) mass is 1560 g/mol. The summed E-state index contributed by atoms with van der Waals surface area (Å²) in [5, 5.41) is 301. The second kappa shape index (κ2) is 37.9. The van der Waals surface area contributed by atoms with E-state index in [0.717, 1.165) is 13.8 Å². The summed E-state index contributed by atoms with van der Waals surface area (Å²) in [6.45, 7) is -7.99. The molecule has 0 radical (unpaired) electrons. The fraction of sp³-hybridized carbons (Fsp3) is 0.966. The number of nitrogens with one attached hydrogen (secondary N) is 2. The minimum atomic E-state index is -2.58. The Morgan fingerprint density at radius 2 is 0.632 bits per heavy atom. The Kier molecular flexibility index (Phi) is 31.1. The first-order valence-electron chi connectivity index (χ1n) is 33.7. The van der Waals surface area contributed by atoms with Crippen molar-refractivity contribution in [3.8, 4) is 0 Å². The van der Waals surface area contributed by atoms with E-state index in [9.17, 15) is 147 Å². The number of aliphatic hydroxyl groups is 27. The van der Waals surface area contributed by atoms with Crippen molar-refractivity contribution in [2.45, 2.75) is 290 Å². The number of hydrogen-bond donors (Lipinski definition) is 29. The van der Waals surface area contributed by atoms with Crippen LogP contribution >= 0.6 is 0 Å². The quantitative estimate of drug-likeness (QED) is 0.0346. The van der Waals surface area contributed by atoms with Gasteiger partial charge in [0.2, 0.25) is 11.8 Å². The van der Waals surface area contributed by atoms with E-state index in [1.165, 1.54) is 0 Å². The second-order valence-electron chi connectivity index (χ2n) is 26.7. The number of ether oxygens (including phenoxy) is 17. The van der Waals surface area contributed by atoms with Crippen molar-refractivity contribution in [2.24, 2.45) is 0 Å². The van der Waals surface area contributed by atoms with Gasteiger partial charge >= 0.3 is 0 Å². The fourth-order valence-corrected chi connectivity index (χ4v) is 13.5. The average molecular weight is 1560 g/mol. The predicted octanol–water partition coefficient (Wildman–Crippen LogP) is -20.3. The van der Waals surface area contributed by atoms with E-state index in [1.54, 1.807) is 0 Å². The molecule has 616 valence electrons. The smallest absolute Gasteiger partial charge is 0.217 e. The summed E-state index contributed by atoms with van der Waals surface area (Å²) in [5.41, 5.74) is 0. The van der Waals surface area contributed by atoms with Gasteiger partial charge in [-0.2, -0.15) is 0 Å². The van der Waals surface area contributed by atoms with Crippen LogP contribution in [0, 0.1) is 0 Å². The van der Waals surface area contributed by atoms with Crippen molar-refractivity contribution in [1.29, 1.82) is 0 Å². The van der Waals surface area contributed by atoms with E-state index in [2.05, 4.69) is 10.6 Å². The Labute approximate surface area is 598 Å². The molecule has 48 heteroatoms. The maximum absolute atomic E-state index is 13.0. The fourth-order valence-electron chi connectivity index (χ4n) is 13.5. The summed E-state index contributed by atoms with van der Waals surface area (Å²) in [4.78, 5) is 25.1. The molecule has 0 aromatic rings. The molecule has 9 rings (SSSR count). The lowest BCUT2D eigenvalue weighted by molar-refractivity contribution is -0.401. The maximum atomic E-state index is 13.0. The predicted molar refractivity (Wildman–Crippen MR) is 320 cm³/mol. The standard InChI is InChI=1S/C58H98N2O46/c1-12(68)59-23-31(77)44(19(8-66)92-50(23)89)101-51-24(60-13(2)69)32(78)45(20(9-67)97-51)102-56-42(88)46(103-58-48(36(82)28(74)18(7-65)96-58)105-54-40(86)35(81)27(73)17(6-64)95-54)29(75)21(98-56)11-91-57-49(106-55-41(87)37(83)43(100-55)14(70)3-61)47(104-53-39(85)34(80)26(72)16(5-63)94-53)30(76)22(99-57)10-90-52-38(84)33(79)25(71)15(4-62)93-52/h14-58,61-67,70-89H,3-11H2,1-2H3,(H,59,68)(H,60,69)/t14-,15-,16-,17-,18-,19-,20-,21-,22-,23-,24-,25-,26-,27-,28-,29-,30-,31-,32-,33+,34+,35+,36+,37-,38+,39+,40-,41-,42+,43+,44-,45-,46+,47+,48+,49+,50-,51+,52+,53-,54-,55+,56+,57+,58-/m1/s1. The van der Waals surface area contributed by atoms with Crippen molar-refractivity contribution >= 4 is 11.8 Å². The largest absolute Gasteiger partial charge is 0.394 e. The number of carbonyl (C=O) groups excluding carboxylic acids is 2. The molecule has 0 aromatic heterocycles. The first-order chi connectivity index (χ1) is 50.2. The highest BCUT2D eigenvalue weighted by atomic mass is 16.8. The third-order valence-electron chi connectivity index (χ3n) is 19.5. The number of rotatable bonds is 28. The molecule has 45 atom stereocenters. The molecule has 2 amide bonds. The van der Waals surface area contributed by atoms with Crippen LogP contribution in [0.2, 0.25) is 0 Å². The van der Waals surface area contributed by atoms with E-state index in [-0.39, 0.29) is 0 Å². The van der Waals surface area contributed by atoms with Gasteiger partial charge in [0.25, 0.3) is 0 Å². The van der Waals surface area contributed by atoms with Gasteiger partial charge in [-0.1, -0.05) is 0 Å². The zero-order valence-electron chi connectivity index (χ0n) is 56.2. The average Bonchev–Trinajstić information content (AvgIpc) is 0.946. The summed E-state index contributed by atoms with van der Waals surface area (Å²) in [7, 11) is 0. The van der Waals surface area contributed by atoms with Crippen LogP contribution < -0.4 is 10.6 Å². The summed E-state index contributed by atoms with van der Waals surface area (Å²) in [5.74, 6) is -1.74. The molecule has 29 N–H and O–H groups in total. The molecule has 0 bridgehead atoms. The minimum absolute atomic E-state index is 0.791. The summed E-state index contributed by atoms with van der Waals surface area (Å²) in [6.07, 6.45) is -91.7. The Hall–Kier alpha value is -2.82. The number of carbonyl (C=O) groups is 2. The SMILES string of the molecule is CC(=O)N[C@@H]1[C@@H](O)[C@H](O[C@@H]2O[C@H](CO)[C@@H](O[C@@H]3O[C@H](CO[C@H]4O[C@H](CO[C@H]5O[C@H](CO)[C@@H](O)[C@H](O)[C@@H]5O)[C@@H](O)[C@H](O[C@H]5O[C@H](CO)[C@@H](O)[C@H](O)[C@@H]5O)[C@@H]4O[C@@H]4O[C@@H]([C@H](O)CO)[C@H](O)[C@H]4O)[C@@H](O)[C@H](O[C@H]4O[C@H](CO)[C@@H](O)[C@H](O)[C@@H]4O[C@H]4O[C@H](CO)[C@@H](O)[C@H](O)[C@H]4O)[C@@H]3O)[C@H](O)[C@H]2NC(C)=O)[C@@H](CO)O[C@H]1O. The maximum Gasteiger partial charge on any atom is 0.217 e. The molecular weight excluding hydrogens is 1460 g/mol. The highest BCUT2D eigenvalue weighted by Gasteiger charge is 2.61. The lowest BCUT2D eigenvalue weighted by Gasteiger charge is -2.51. The molecule has 0 aromatic carbocycles. The number of amides is 2. The van der Waals surface area contributed by atoms with Gasteiger partial charge in [0, 0.05) is 13.8 Å². The van der Waals surface area contributed by atoms with Gasteiger partial charge in [-0.15, -0.1) is 0 Å². The van der Waals surface area contributed by atoms with Crippen LogP contribution in [0.1, 0.15) is 13.8 Å². The van der Waals surface area contributed by atoms with E-state index < -0.39 is 348 Å². The summed E-state index contributed by atoms with van der Waals surface area (Å²) < 4.78 is 100. The number of hydrogen-bond acceptors (Lipinski definition) is 46. The molecule has 9 aliphatic heterocycles. The molecule has 106 heavy (non-hydrogen) atoms. The van der Waals surface area contributed by atoms with Crippen LogP contribution in [0.25, 0.3) is 0 Å². The van der Waals surface area contributed by atoms with Crippen LogP contribution in [-0.4, -0.2) is 485 Å². The zero-order chi connectivity index (χ0) is 77.9. The second-order valence-corrected chi connectivity index (χ2v) is 26.7. The van der Waals surface area contributed by atoms with Crippen LogP contribution in [0.4, 0.5) is 0 Å². The van der Waals surface area contributed by atoms with E-state index in [0.29, 0.717) is 0 Å². The van der Waals surface area contributed by atoms with E-state index in [1.807, 2.05) is 0 Å². The molecule has 0 aliphatic carbocycles. The Morgan fingerprint density at radius 1 is 0.292 bits per heavy atom. The molecular formula is C58H98N2O46. The van der Waals surface area contributed by atoms with Gasteiger partial charge in [0.15, 0.2) is 56.6 Å². The van der Waals surface area contributed by atoms with Crippen LogP contribution in [0.15, 0.2) is 0 Å². The van der Waals surface area contributed by atoms with Gasteiger partial charge in [-0.05, 0) is 0 Å². The Balaban J connectivity index is 1.10. The van der Waals surface area contributed by atoms with E-state index >= 15 is 0 Å². The Bertz CT molecular complexity index is 2710. The third-order valence-corrected chi connectivity index (χ3v) is 19.5. The molecule has 9 saturated heterocycles. The molecule has 0 saturated carbocycles. The normalized spacial score (nSPS) is 50.7. The van der Waals surface area contributed by atoms with Crippen molar-refractivity contribution in [2.75, 3.05) is 59.5 Å². The topological polar surface area (TPSA) is 761 Å². The molecule has 9 heterocycles. The molecule has 0 unspecified atom stereocenters. The lowest BCUT2D eigenvalue weighted by atomic mass is 9.94. The van der Waals surface area contributed by atoms with Crippen molar-refractivity contribution in [1.82, 2.24) is 10.6 Å². The Morgan fingerprint density at radius 3 is 1.13 bits per heavy atom. The van der Waals surface area contributed by atoms with Crippen molar-refractivity contribution in [3.05, 3.63) is 0 Å². The molecule has 0 spiro atoms. The third kappa shape index (κ3) is 18.7. The van der Waals surface area contributed by atoms with Crippen LogP contribution in [-0.2, 0) is 90.1 Å². The first kappa shape index (κ1) is 87.2. The van der Waals surface area contributed by atoms with Gasteiger partial charge in [-0.3, -0.25) is 9.59 Å². The zero-order valence-corrected chi connectivity index (χ0v) is 56.2. The minimum Gasteiger partial charge on any atom is -0.394 e. The highest BCUT2D eigenvalue weighted by molar-refractivity contribution is 5.73. The summed E-state index contributed by atoms with van der Waals surface area (Å²) >= 11 is 0. The van der Waals surface area contributed by atoms with Gasteiger partial charge in [-0.25, -0.2) is 0 Å². The first-order valence-corrected chi connectivity index (χ1v) is 33.7. The van der Waals surface area contributed by atoms with Crippen molar-refractivity contribution < 1.29 is 228 Å². The van der Waals surface area contributed by atoms with E-state index in [4.69, 9.17) is 80.5 Å². The number of aliphatic hydroxyl groups excluding tert-OH is 27. The van der Waals surface area contributed by atoms with Gasteiger partial charge in [0.05, 0.1) is 59.5 Å². The highest BCUT2D eigenvalue weighted by Crippen LogP contribution is 2.40. The lowest BCUT2D eigenvalue weighted by Crippen LogP contribution is -2.70. The molecule has 48 nitrogen and oxygen atoms in total. The van der Waals surface area contributed by atoms with Gasteiger partial charge < -0.3 is 229 Å². The van der Waals surface area contributed by atoms with Crippen molar-refractivity contribution in [3.63, 3.8) is 0 Å².